The molecular weight excluding hydrogens is 232 g/mol. The molecule has 1 aliphatic heterocycles. The molecule has 0 saturated carbocycles. The van der Waals surface area contributed by atoms with Crippen LogP contribution < -0.4 is 9.64 Å². The zero-order valence-corrected chi connectivity index (χ0v) is 10.8. The number of hydrogen-bond donors (Lipinski definition) is 0. The third-order valence-corrected chi connectivity index (χ3v) is 3.01. The molecule has 0 bridgehead atoms. The van der Waals surface area contributed by atoms with Crippen LogP contribution in [0.25, 0.3) is 0 Å². The number of hydrogen-bond acceptors (Lipinski definition) is 3. The monoisotopic (exact) mass is 250 g/mol. The number of carbonyl (C=O) groups excluding carboxylic acids is 1. The predicted molar refractivity (Wildman–Crippen MR) is 69.2 cm³/mol. The fourth-order valence-electron chi connectivity index (χ4n) is 1.90. The van der Waals surface area contributed by atoms with Crippen molar-refractivity contribution in [2.75, 3.05) is 45.4 Å². The van der Waals surface area contributed by atoms with Crippen LogP contribution in [0.5, 0.6) is 5.75 Å². The van der Waals surface area contributed by atoms with E-state index in [0.717, 1.165) is 11.4 Å². The van der Waals surface area contributed by atoms with Gasteiger partial charge in [-0.1, -0.05) is 6.07 Å². The van der Waals surface area contributed by atoms with E-state index in [9.17, 15) is 4.79 Å². The van der Waals surface area contributed by atoms with Crippen LogP contribution in [0.1, 0.15) is 0 Å². The minimum absolute atomic E-state index is 0.00782. The lowest BCUT2D eigenvalue weighted by molar-refractivity contribution is 0.0551. The van der Waals surface area contributed by atoms with Crippen molar-refractivity contribution in [2.24, 2.45) is 0 Å². The van der Waals surface area contributed by atoms with Crippen LogP contribution in [-0.4, -0.2) is 51.4 Å². The van der Waals surface area contributed by atoms with Crippen molar-refractivity contribution in [3.63, 3.8) is 0 Å². The molecule has 98 valence electrons. The molecule has 1 aliphatic rings. The van der Waals surface area contributed by atoms with E-state index in [2.05, 4.69) is 0 Å². The maximum Gasteiger partial charge on any atom is 0.324 e. The van der Waals surface area contributed by atoms with Gasteiger partial charge in [0.05, 0.1) is 20.3 Å². The summed E-state index contributed by atoms with van der Waals surface area (Å²) in [7, 11) is 3.38. The molecule has 0 spiro atoms. The van der Waals surface area contributed by atoms with Crippen molar-refractivity contribution in [3.05, 3.63) is 24.3 Å². The van der Waals surface area contributed by atoms with Crippen molar-refractivity contribution in [3.8, 4) is 5.75 Å². The molecule has 0 aromatic heterocycles. The van der Waals surface area contributed by atoms with Gasteiger partial charge in [-0.25, -0.2) is 4.79 Å². The summed E-state index contributed by atoms with van der Waals surface area (Å²) in [5.41, 5.74) is 0.825. The lowest BCUT2D eigenvalue weighted by atomic mass is 10.3. The van der Waals surface area contributed by atoms with Crippen LogP contribution in [-0.2, 0) is 4.74 Å². The van der Waals surface area contributed by atoms with Crippen LogP contribution in [0, 0.1) is 0 Å². The topological polar surface area (TPSA) is 42.0 Å². The summed E-state index contributed by atoms with van der Waals surface area (Å²) in [5.74, 6) is 0.745. The number of nitrogens with zero attached hydrogens (tertiary/aromatic N) is 2. The van der Waals surface area contributed by atoms with Gasteiger partial charge < -0.3 is 14.4 Å². The molecule has 0 N–H and O–H groups in total. The summed E-state index contributed by atoms with van der Waals surface area (Å²) in [6.45, 7) is 2.51. The lowest BCUT2D eigenvalue weighted by Crippen LogP contribution is -2.47. The maximum absolute atomic E-state index is 12.3. The number of carbonyl (C=O) groups is 1. The van der Waals surface area contributed by atoms with Crippen molar-refractivity contribution < 1.29 is 14.3 Å². The van der Waals surface area contributed by atoms with Gasteiger partial charge in [0.2, 0.25) is 0 Å². The van der Waals surface area contributed by atoms with Gasteiger partial charge in [0.15, 0.2) is 0 Å². The fourth-order valence-corrected chi connectivity index (χ4v) is 1.90. The highest BCUT2D eigenvalue weighted by Gasteiger charge is 2.21. The SMILES string of the molecule is COc1cccc(N(C)C(=O)N2CCOCC2)c1. The Labute approximate surface area is 107 Å². The third kappa shape index (κ3) is 2.73. The van der Waals surface area contributed by atoms with Gasteiger partial charge in [0.1, 0.15) is 5.75 Å². The molecule has 5 nitrogen and oxygen atoms in total. The number of benzene rings is 1. The number of urea groups is 1. The van der Waals surface area contributed by atoms with Crippen LogP contribution >= 0.6 is 0 Å². The van der Waals surface area contributed by atoms with E-state index in [1.54, 1.807) is 24.0 Å². The molecular formula is C13H18N2O3. The molecule has 5 heteroatoms. The molecule has 0 unspecified atom stereocenters. The van der Waals surface area contributed by atoms with Gasteiger partial charge in [0, 0.05) is 31.9 Å². The highest BCUT2D eigenvalue weighted by molar-refractivity contribution is 5.91. The first-order valence-electron chi connectivity index (χ1n) is 5.97. The number of morpholine rings is 1. The second-order valence-corrected chi connectivity index (χ2v) is 4.14. The Kier molecular flexibility index (Phi) is 4.04. The first kappa shape index (κ1) is 12.7. The van der Waals surface area contributed by atoms with Crippen LogP contribution in [0.15, 0.2) is 24.3 Å². The number of methoxy groups -OCH3 is 1. The predicted octanol–water partition coefficient (Wildman–Crippen LogP) is 1.58. The second kappa shape index (κ2) is 5.73. The first-order chi connectivity index (χ1) is 8.72. The van der Waals surface area contributed by atoms with E-state index in [1.165, 1.54) is 0 Å². The summed E-state index contributed by atoms with van der Waals surface area (Å²) in [6, 6.07) is 7.46. The molecule has 0 atom stereocenters. The Balaban J connectivity index is 2.09. The van der Waals surface area contributed by atoms with Gasteiger partial charge in [0.25, 0.3) is 0 Å². The normalized spacial score (nSPS) is 15.3. The lowest BCUT2D eigenvalue weighted by Gasteiger charge is -2.31. The standard InChI is InChI=1S/C13H18N2O3/c1-14(11-4-3-5-12(10-11)17-2)13(16)15-6-8-18-9-7-15/h3-5,10H,6-9H2,1-2H3. The zero-order valence-electron chi connectivity index (χ0n) is 10.8. The molecule has 0 aliphatic carbocycles. The molecule has 0 radical (unpaired) electrons. The highest BCUT2D eigenvalue weighted by atomic mass is 16.5. The average molecular weight is 250 g/mol. The molecule has 1 aromatic carbocycles. The Morgan fingerprint density at radius 2 is 2.11 bits per heavy atom. The summed E-state index contributed by atoms with van der Waals surface area (Å²) >= 11 is 0. The third-order valence-electron chi connectivity index (χ3n) is 3.01. The van der Waals surface area contributed by atoms with Crippen LogP contribution in [0.4, 0.5) is 10.5 Å². The Morgan fingerprint density at radius 1 is 1.39 bits per heavy atom. The molecule has 2 amide bonds. The molecule has 1 fully saturated rings. The van der Waals surface area contributed by atoms with E-state index < -0.39 is 0 Å². The smallest absolute Gasteiger partial charge is 0.324 e. The number of rotatable bonds is 2. The van der Waals surface area contributed by atoms with E-state index in [4.69, 9.17) is 9.47 Å². The van der Waals surface area contributed by atoms with Gasteiger partial charge in [-0.05, 0) is 12.1 Å². The average Bonchev–Trinajstić information content (AvgIpc) is 2.46. The molecule has 1 aromatic rings. The number of ether oxygens (including phenoxy) is 2. The quantitative estimate of drug-likeness (QED) is 0.800. The van der Waals surface area contributed by atoms with E-state index >= 15 is 0 Å². The van der Waals surface area contributed by atoms with E-state index in [1.807, 2.05) is 24.3 Å². The minimum Gasteiger partial charge on any atom is -0.497 e. The van der Waals surface area contributed by atoms with Crippen molar-refractivity contribution in [1.29, 1.82) is 0 Å². The van der Waals surface area contributed by atoms with Gasteiger partial charge in [-0.3, -0.25) is 4.90 Å². The molecule has 1 heterocycles. The molecule has 2 rings (SSSR count). The zero-order chi connectivity index (χ0) is 13.0. The van der Waals surface area contributed by atoms with Gasteiger partial charge >= 0.3 is 6.03 Å². The Morgan fingerprint density at radius 3 is 2.78 bits per heavy atom. The first-order valence-corrected chi connectivity index (χ1v) is 5.97. The van der Waals surface area contributed by atoms with Crippen molar-refractivity contribution in [2.45, 2.75) is 0 Å². The van der Waals surface area contributed by atoms with Crippen molar-refractivity contribution in [1.82, 2.24) is 4.90 Å². The Bertz CT molecular complexity index is 416. The second-order valence-electron chi connectivity index (χ2n) is 4.14. The minimum atomic E-state index is -0.00782. The van der Waals surface area contributed by atoms with Crippen LogP contribution in [0.3, 0.4) is 0 Å². The van der Waals surface area contributed by atoms with Crippen LogP contribution in [0.2, 0.25) is 0 Å². The summed E-state index contributed by atoms with van der Waals surface area (Å²) in [4.78, 5) is 15.7. The van der Waals surface area contributed by atoms with E-state index in [-0.39, 0.29) is 6.03 Å². The number of amides is 2. The fraction of sp³-hybridized carbons (Fsp3) is 0.462. The van der Waals surface area contributed by atoms with E-state index in [0.29, 0.717) is 26.3 Å². The summed E-state index contributed by atoms with van der Waals surface area (Å²) < 4.78 is 10.4. The molecule has 18 heavy (non-hydrogen) atoms. The highest BCUT2D eigenvalue weighted by Crippen LogP contribution is 2.21. The largest absolute Gasteiger partial charge is 0.497 e. The number of anilines is 1. The maximum atomic E-state index is 12.3. The summed E-state index contributed by atoms with van der Waals surface area (Å²) in [5, 5.41) is 0. The van der Waals surface area contributed by atoms with Crippen molar-refractivity contribution >= 4 is 11.7 Å². The Hall–Kier alpha value is -1.75. The van der Waals surface area contributed by atoms with Gasteiger partial charge in [-0.2, -0.15) is 0 Å². The van der Waals surface area contributed by atoms with Gasteiger partial charge in [-0.15, -0.1) is 0 Å². The molecule has 1 saturated heterocycles. The summed E-state index contributed by atoms with van der Waals surface area (Å²) in [6.07, 6.45) is 0.